The lowest BCUT2D eigenvalue weighted by atomic mass is 9.87. The molecule has 1 aromatic heterocycles. The number of nitrogens with zero attached hydrogens (tertiary/aromatic N) is 1. The maximum Gasteiger partial charge on any atom is 0.340 e. The highest BCUT2D eigenvalue weighted by molar-refractivity contribution is 6.31. The molecule has 2 aromatic carbocycles. The molecular formula is C24H22ClNO5. The molecule has 3 aromatic rings. The Morgan fingerprint density at radius 2 is 1.90 bits per heavy atom. The number of pyridine rings is 1. The summed E-state index contributed by atoms with van der Waals surface area (Å²) in [7, 11) is 3.17. The van der Waals surface area contributed by atoms with E-state index in [9.17, 15) is 4.79 Å². The first kappa shape index (κ1) is 21.0. The second-order valence-corrected chi connectivity index (χ2v) is 7.46. The lowest BCUT2D eigenvalue weighted by Gasteiger charge is -2.31. The van der Waals surface area contributed by atoms with Crippen molar-refractivity contribution in [3.63, 3.8) is 0 Å². The monoisotopic (exact) mass is 439 g/mol. The normalized spacial score (nSPS) is 14.2. The van der Waals surface area contributed by atoms with Gasteiger partial charge < -0.3 is 18.9 Å². The average Bonchev–Trinajstić information content (AvgIpc) is 2.78. The summed E-state index contributed by atoms with van der Waals surface area (Å²) < 4.78 is 22.5. The number of halogens is 1. The van der Waals surface area contributed by atoms with Gasteiger partial charge in [0, 0.05) is 33.5 Å². The molecule has 0 aliphatic carbocycles. The van der Waals surface area contributed by atoms with E-state index < -0.39 is 12.1 Å². The molecule has 0 radical (unpaired) electrons. The summed E-state index contributed by atoms with van der Waals surface area (Å²) in [6, 6.07) is 10.9. The Morgan fingerprint density at radius 3 is 2.61 bits per heavy atom. The van der Waals surface area contributed by atoms with Crippen molar-refractivity contribution in [3.8, 4) is 28.4 Å². The molecule has 0 bridgehead atoms. The van der Waals surface area contributed by atoms with E-state index in [1.807, 2.05) is 18.2 Å². The van der Waals surface area contributed by atoms with Crippen LogP contribution in [0.2, 0.25) is 5.02 Å². The predicted molar refractivity (Wildman–Crippen MR) is 117 cm³/mol. The van der Waals surface area contributed by atoms with Crippen LogP contribution >= 0.6 is 11.6 Å². The van der Waals surface area contributed by atoms with E-state index in [4.69, 9.17) is 30.5 Å². The van der Waals surface area contributed by atoms with Gasteiger partial charge in [0.1, 0.15) is 5.75 Å². The van der Waals surface area contributed by atoms with Gasteiger partial charge in [0.2, 0.25) is 0 Å². The fraction of sp³-hybridized carbons (Fsp3) is 0.250. The number of aryl methyl sites for hydroxylation is 1. The van der Waals surface area contributed by atoms with Crippen LogP contribution in [0.25, 0.3) is 11.1 Å². The molecule has 0 saturated carbocycles. The smallest absolute Gasteiger partial charge is 0.340 e. The molecule has 4 rings (SSSR count). The maximum atomic E-state index is 12.9. The summed E-state index contributed by atoms with van der Waals surface area (Å²) >= 11 is 6.28. The van der Waals surface area contributed by atoms with Crippen LogP contribution in [-0.2, 0) is 4.74 Å². The van der Waals surface area contributed by atoms with Crippen LogP contribution in [0, 0.1) is 6.92 Å². The summed E-state index contributed by atoms with van der Waals surface area (Å²) in [6.07, 6.45) is 1.23. The summed E-state index contributed by atoms with van der Waals surface area (Å²) in [6.45, 7) is 3.83. The van der Waals surface area contributed by atoms with Crippen LogP contribution < -0.4 is 14.2 Å². The summed E-state index contributed by atoms with van der Waals surface area (Å²) in [5.74, 6) is 1.39. The molecule has 31 heavy (non-hydrogen) atoms. The molecule has 0 saturated heterocycles. The van der Waals surface area contributed by atoms with E-state index >= 15 is 0 Å². The Hall–Kier alpha value is -3.25. The number of benzene rings is 2. The number of carbonyl (C=O) groups is 1. The van der Waals surface area contributed by atoms with E-state index in [0.717, 1.165) is 22.3 Å². The number of ether oxygens (including phenoxy) is 4. The number of rotatable bonds is 5. The van der Waals surface area contributed by atoms with Gasteiger partial charge in [-0.25, -0.2) is 4.79 Å². The van der Waals surface area contributed by atoms with Crippen molar-refractivity contribution in [2.75, 3.05) is 20.8 Å². The summed E-state index contributed by atoms with van der Waals surface area (Å²) in [5, 5.41) is 0.544. The minimum atomic E-state index is -0.509. The lowest BCUT2D eigenvalue weighted by Crippen LogP contribution is -2.20. The van der Waals surface area contributed by atoms with E-state index in [0.29, 0.717) is 33.5 Å². The zero-order valence-electron chi connectivity index (χ0n) is 17.7. The third kappa shape index (κ3) is 3.68. The third-order valence-electron chi connectivity index (χ3n) is 5.23. The van der Waals surface area contributed by atoms with Crippen molar-refractivity contribution >= 4 is 17.6 Å². The highest BCUT2D eigenvalue weighted by Gasteiger charge is 2.33. The van der Waals surface area contributed by atoms with Crippen LogP contribution in [0.5, 0.6) is 17.2 Å². The van der Waals surface area contributed by atoms with Gasteiger partial charge in [-0.1, -0.05) is 17.7 Å². The number of methoxy groups -OCH3 is 2. The van der Waals surface area contributed by atoms with Crippen molar-refractivity contribution < 1.29 is 23.7 Å². The maximum absolute atomic E-state index is 12.9. The lowest BCUT2D eigenvalue weighted by molar-refractivity contribution is 0.0525. The fourth-order valence-electron chi connectivity index (χ4n) is 3.82. The van der Waals surface area contributed by atoms with E-state index in [2.05, 4.69) is 4.98 Å². The highest BCUT2D eigenvalue weighted by Crippen LogP contribution is 2.48. The van der Waals surface area contributed by atoms with Crippen molar-refractivity contribution in [1.82, 2.24) is 4.98 Å². The molecular weight excluding hydrogens is 418 g/mol. The van der Waals surface area contributed by atoms with Gasteiger partial charge in [0.15, 0.2) is 17.6 Å². The number of aromatic nitrogens is 1. The third-order valence-corrected chi connectivity index (χ3v) is 5.46. The molecule has 0 spiro atoms. The second kappa shape index (κ2) is 8.47. The van der Waals surface area contributed by atoms with Gasteiger partial charge in [0.05, 0.1) is 32.1 Å². The molecule has 1 unspecified atom stereocenters. The van der Waals surface area contributed by atoms with Crippen molar-refractivity contribution in [2.45, 2.75) is 20.0 Å². The molecule has 0 fully saturated rings. The number of hydrogen-bond donors (Lipinski definition) is 0. The number of esters is 1. The largest absolute Gasteiger partial charge is 0.493 e. The minimum Gasteiger partial charge on any atom is -0.493 e. The molecule has 1 atom stereocenters. The zero-order valence-corrected chi connectivity index (χ0v) is 18.4. The van der Waals surface area contributed by atoms with Gasteiger partial charge in [-0.2, -0.15) is 0 Å². The summed E-state index contributed by atoms with van der Waals surface area (Å²) in [4.78, 5) is 17.4. The summed E-state index contributed by atoms with van der Waals surface area (Å²) in [5.41, 5.74) is 4.02. The Bertz CT molecular complexity index is 1160. The van der Waals surface area contributed by atoms with Gasteiger partial charge in [-0.3, -0.25) is 4.98 Å². The average molecular weight is 440 g/mol. The molecule has 1 aliphatic rings. The first-order valence-corrected chi connectivity index (χ1v) is 10.2. The van der Waals surface area contributed by atoms with Crippen molar-refractivity contribution in [1.29, 1.82) is 0 Å². The Balaban J connectivity index is 1.97. The highest BCUT2D eigenvalue weighted by atomic mass is 35.5. The first-order valence-electron chi connectivity index (χ1n) is 9.83. The van der Waals surface area contributed by atoms with Gasteiger partial charge >= 0.3 is 5.97 Å². The molecule has 7 heteroatoms. The molecule has 1 aliphatic heterocycles. The Kier molecular flexibility index (Phi) is 5.74. The minimum absolute atomic E-state index is 0.264. The van der Waals surface area contributed by atoms with Crippen molar-refractivity contribution in [3.05, 3.63) is 70.0 Å². The second-order valence-electron chi connectivity index (χ2n) is 7.02. The Labute approximate surface area is 185 Å². The predicted octanol–water partition coefficient (Wildman–Crippen LogP) is 5.39. The van der Waals surface area contributed by atoms with E-state index in [1.165, 1.54) is 0 Å². The fourth-order valence-corrected chi connectivity index (χ4v) is 3.99. The topological polar surface area (TPSA) is 66.9 Å². The molecule has 6 nitrogen and oxygen atoms in total. The van der Waals surface area contributed by atoms with Crippen LogP contribution in [0.4, 0.5) is 0 Å². The first-order chi connectivity index (χ1) is 15.0. The van der Waals surface area contributed by atoms with Gasteiger partial charge in [-0.15, -0.1) is 0 Å². The molecule has 0 N–H and O–H groups in total. The molecule has 160 valence electrons. The molecule has 2 heterocycles. The molecule has 0 amide bonds. The van der Waals surface area contributed by atoms with Crippen LogP contribution in [0.1, 0.15) is 40.2 Å². The van der Waals surface area contributed by atoms with Gasteiger partial charge in [0.25, 0.3) is 0 Å². The van der Waals surface area contributed by atoms with E-state index in [-0.39, 0.29) is 6.61 Å². The van der Waals surface area contributed by atoms with Crippen molar-refractivity contribution in [2.24, 2.45) is 0 Å². The van der Waals surface area contributed by atoms with Crippen LogP contribution in [-0.4, -0.2) is 31.8 Å². The SMILES string of the molecule is CCOC(=O)c1c(C)ncc2c1-c1cc(Cl)ccc1OC2c1ccc(OC)c(OC)c1. The number of hydrogen-bond acceptors (Lipinski definition) is 6. The standard InChI is InChI=1S/C24H22ClNO5/c1-5-30-24(27)21-13(2)26-12-17-22(21)16-11-15(25)7-9-18(16)31-23(17)14-6-8-19(28-3)20(10-14)29-4/h6-12,23H,5H2,1-4H3. The number of carbonyl (C=O) groups excluding carboxylic acids is 1. The Morgan fingerprint density at radius 1 is 1.13 bits per heavy atom. The zero-order chi connectivity index (χ0) is 22.1. The quantitative estimate of drug-likeness (QED) is 0.497. The van der Waals surface area contributed by atoms with Crippen LogP contribution in [0.3, 0.4) is 0 Å². The van der Waals surface area contributed by atoms with Crippen LogP contribution in [0.15, 0.2) is 42.6 Å². The van der Waals surface area contributed by atoms with Gasteiger partial charge in [-0.05, 0) is 44.2 Å². The van der Waals surface area contributed by atoms with E-state index in [1.54, 1.807) is 52.5 Å². The number of fused-ring (bicyclic) bond motifs is 3.